The molecule has 0 aromatic heterocycles. The first kappa shape index (κ1) is 24.6. The van der Waals surface area contributed by atoms with Crippen molar-refractivity contribution in [3.63, 3.8) is 0 Å². The maximum atomic E-state index is 11.8. The average molecular weight is 449 g/mol. The van der Waals surface area contributed by atoms with Crippen LogP contribution in [0.1, 0.15) is 33.3 Å². The molecule has 2 rings (SSSR count). The number of rotatable bonds is 7. The van der Waals surface area contributed by atoms with Crippen LogP contribution in [-0.2, 0) is 42.9 Å². The Balaban J connectivity index is 2.43. The monoisotopic (exact) mass is 449 g/mol. The second-order valence-electron chi connectivity index (χ2n) is 6.82. The SMILES string of the molecule is CC(=O)OC[C@H]1O[C@@H](Oc2ccc(C#N)cc2)[C@H](OC(C)=O)[C@@H](OC(C)=O)[C@@H]1OC(C)=O. The number of esters is 4. The van der Waals surface area contributed by atoms with Gasteiger partial charge >= 0.3 is 23.9 Å². The van der Waals surface area contributed by atoms with Gasteiger partial charge in [0, 0.05) is 27.7 Å². The van der Waals surface area contributed by atoms with Crippen molar-refractivity contribution in [3.8, 4) is 11.8 Å². The molecule has 0 amide bonds. The second kappa shape index (κ2) is 11.1. The van der Waals surface area contributed by atoms with E-state index in [0.717, 1.165) is 20.8 Å². The summed E-state index contributed by atoms with van der Waals surface area (Å²) in [6.07, 6.45) is -6.35. The van der Waals surface area contributed by atoms with E-state index in [-0.39, 0.29) is 12.4 Å². The first-order chi connectivity index (χ1) is 15.1. The van der Waals surface area contributed by atoms with Gasteiger partial charge in [-0.05, 0) is 24.3 Å². The molecule has 0 spiro atoms. The number of hydrogen-bond donors (Lipinski definition) is 0. The van der Waals surface area contributed by atoms with Gasteiger partial charge in [-0.2, -0.15) is 5.26 Å². The van der Waals surface area contributed by atoms with Gasteiger partial charge in [-0.1, -0.05) is 0 Å². The van der Waals surface area contributed by atoms with Gasteiger partial charge in [-0.25, -0.2) is 0 Å². The van der Waals surface area contributed by atoms with E-state index in [1.165, 1.54) is 31.2 Å². The van der Waals surface area contributed by atoms with E-state index < -0.39 is 54.6 Å². The number of nitrogens with zero attached hydrogens (tertiary/aromatic N) is 1. The van der Waals surface area contributed by atoms with E-state index in [0.29, 0.717) is 5.56 Å². The quantitative estimate of drug-likeness (QED) is 0.434. The van der Waals surface area contributed by atoms with Crippen LogP contribution in [0.4, 0.5) is 0 Å². The molecule has 0 bridgehead atoms. The Morgan fingerprint density at radius 1 is 0.844 bits per heavy atom. The smallest absolute Gasteiger partial charge is 0.303 e. The molecule has 1 heterocycles. The summed E-state index contributed by atoms with van der Waals surface area (Å²) >= 11 is 0. The van der Waals surface area contributed by atoms with E-state index in [2.05, 4.69) is 0 Å². The molecule has 0 N–H and O–H groups in total. The summed E-state index contributed by atoms with van der Waals surface area (Å²) in [6, 6.07) is 7.96. The van der Waals surface area contributed by atoms with Crippen LogP contribution in [0.15, 0.2) is 24.3 Å². The van der Waals surface area contributed by atoms with Crippen molar-refractivity contribution in [2.24, 2.45) is 0 Å². The normalized spacial score (nSPS) is 24.4. The van der Waals surface area contributed by atoms with Crippen LogP contribution in [0.3, 0.4) is 0 Å². The van der Waals surface area contributed by atoms with Crippen molar-refractivity contribution < 1.29 is 47.6 Å². The molecule has 32 heavy (non-hydrogen) atoms. The fourth-order valence-corrected chi connectivity index (χ4v) is 3.03. The number of nitriles is 1. The van der Waals surface area contributed by atoms with Crippen LogP contribution in [0.2, 0.25) is 0 Å². The van der Waals surface area contributed by atoms with Crippen LogP contribution in [0.25, 0.3) is 0 Å². The predicted octanol–water partition coefficient (Wildman–Crippen LogP) is 1.02. The standard InChI is InChI=1S/C21H23NO10/c1-11(23)27-10-17-18(28-12(2)24)19(29-13(3)25)20(30-14(4)26)21(32-17)31-16-7-5-15(9-22)6-8-16/h5-8,17-21H,10H2,1-4H3/t17-,18-,19+,20-,21-/m1/s1. The first-order valence-corrected chi connectivity index (χ1v) is 9.58. The van der Waals surface area contributed by atoms with E-state index in [9.17, 15) is 19.2 Å². The largest absolute Gasteiger partial charge is 0.463 e. The zero-order valence-corrected chi connectivity index (χ0v) is 17.9. The summed E-state index contributed by atoms with van der Waals surface area (Å²) in [4.78, 5) is 46.6. The topological polar surface area (TPSA) is 147 Å². The molecule has 1 saturated heterocycles. The summed E-state index contributed by atoms with van der Waals surface area (Å²) in [5, 5.41) is 8.95. The van der Waals surface area contributed by atoms with Crippen molar-refractivity contribution >= 4 is 23.9 Å². The van der Waals surface area contributed by atoms with Crippen LogP contribution < -0.4 is 4.74 Å². The third-order valence-corrected chi connectivity index (χ3v) is 4.18. The minimum absolute atomic E-state index is 0.255. The Hall–Kier alpha value is -3.65. The van der Waals surface area contributed by atoms with Crippen LogP contribution in [0, 0.1) is 11.3 Å². The van der Waals surface area contributed by atoms with E-state index >= 15 is 0 Å². The average Bonchev–Trinajstić information content (AvgIpc) is 2.70. The van der Waals surface area contributed by atoms with Crippen molar-refractivity contribution in [1.29, 1.82) is 5.26 Å². The molecule has 0 aliphatic carbocycles. The van der Waals surface area contributed by atoms with Crippen LogP contribution in [-0.4, -0.2) is 61.2 Å². The number of carbonyl (C=O) groups is 4. The molecular formula is C21H23NO10. The Morgan fingerprint density at radius 3 is 1.88 bits per heavy atom. The Kier molecular flexibility index (Phi) is 8.54. The number of benzene rings is 1. The third kappa shape index (κ3) is 6.95. The van der Waals surface area contributed by atoms with Crippen molar-refractivity contribution in [2.45, 2.75) is 58.4 Å². The molecular weight excluding hydrogens is 426 g/mol. The van der Waals surface area contributed by atoms with Gasteiger partial charge in [0.05, 0.1) is 11.6 Å². The minimum atomic E-state index is -1.33. The second-order valence-corrected chi connectivity index (χ2v) is 6.82. The molecule has 11 heteroatoms. The zero-order valence-electron chi connectivity index (χ0n) is 17.9. The minimum Gasteiger partial charge on any atom is -0.463 e. The fourth-order valence-electron chi connectivity index (χ4n) is 3.03. The lowest BCUT2D eigenvalue weighted by Crippen LogP contribution is -2.63. The van der Waals surface area contributed by atoms with Gasteiger partial charge in [0.1, 0.15) is 18.5 Å². The molecule has 1 aliphatic heterocycles. The summed E-state index contributed by atoms with van der Waals surface area (Å²) in [5.41, 5.74) is 0.388. The maximum absolute atomic E-state index is 11.8. The van der Waals surface area contributed by atoms with E-state index in [1.807, 2.05) is 6.07 Å². The Labute approximate surface area is 184 Å². The number of carbonyl (C=O) groups excluding carboxylic acids is 4. The lowest BCUT2D eigenvalue weighted by Gasteiger charge is -2.43. The Morgan fingerprint density at radius 2 is 1.38 bits per heavy atom. The van der Waals surface area contributed by atoms with Crippen LogP contribution in [0.5, 0.6) is 5.75 Å². The molecule has 1 fully saturated rings. The Bertz CT molecular complexity index is 891. The highest BCUT2D eigenvalue weighted by atomic mass is 16.7. The highest BCUT2D eigenvalue weighted by molar-refractivity contribution is 5.68. The summed E-state index contributed by atoms with van der Waals surface area (Å²) in [7, 11) is 0. The molecule has 1 aromatic carbocycles. The molecule has 1 aromatic rings. The number of ether oxygens (including phenoxy) is 6. The number of hydrogen-bond acceptors (Lipinski definition) is 11. The summed E-state index contributed by atoms with van der Waals surface area (Å²) in [5.74, 6) is -2.56. The first-order valence-electron chi connectivity index (χ1n) is 9.58. The summed E-state index contributed by atoms with van der Waals surface area (Å²) in [6.45, 7) is 4.22. The molecule has 11 nitrogen and oxygen atoms in total. The zero-order chi connectivity index (χ0) is 23.8. The molecule has 0 radical (unpaired) electrons. The van der Waals surface area contributed by atoms with Crippen molar-refractivity contribution in [1.82, 2.24) is 0 Å². The van der Waals surface area contributed by atoms with E-state index in [1.54, 1.807) is 0 Å². The highest BCUT2D eigenvalue weighted by Crippen LogP contribution is 2.31. The predicted molar refractivity (Wildman–Crippen MR) is 104 cm³/mol. The molecule has 1 aliphatic rings. The van der Waals surface area contributed by atoms with Crippen molar-refractivity contribution in [2.75, 3.05) is 6.61 Å². The van der Waals surface area contributed by atoms with Gasteiger partial charge in [-0.3, -0.25) is 19.2 Å². The molecule has 5 atom stereocenters. The van der Waals surface area contributed by atoms with Gasteiger partial charge in [-0.15, -0.1) is 0 Å². The summed E-state index contributed by atoms with van der Waals surface area (Å²) < 4.78 is 32.5. The van der Waals surface area contributed by atoms with Crippen molar-refractivity contribution in [3.05, 3.63) is 29.8 Å². The molecule has 0 unspecified atom stereocenters. The van der Waals surface area contributed by atoms with Crippen LogP contribution >= 0.6 is 0 Å². The lowest BCUT2D eigenvalue weighted by molar-refractivity contribution is -0.288. The van der Waals surface area contributed by atoms with Gasteiger partial charge in [0.25, 0.3) is 0 Å². The van der Waals surface area contributed by atoms with E-state index in [4.69, 9.17) is 33.7 Å². The molecule has 0 saturated carbocycles. The van der Waals surface area contributed by atoms with Gasteiger partial charge in [0.2, 0.25) is 12.4 Å². The van der Waals surface area contributed by atoms with Gasteiger partial charge < -0.3 is 28.4 Å². The fraction of sp³-hybridized carbons (Fsp3) is 0.476. The molecule has 172 valence electrons. The highest BCUT2D eigenvalue weighted by Gasteiger charge is 2.53. The maximum Gasteiger partial charge on any atom is 0.303 e. The van der Waals surface area contributed by atoms with Gasteiger partial charge in [0.15, 0.2) is 12.2 Å². The third-order valence-electron chi connectivity index (χ3n) is 4.18. The lowest BCUT2D eigenvalue weighted by atomic mass is 9.98.